The Bertz CT molecular complexity index is 142. The zero-order valence-corrected chi connectivity index (χ0v) is 7.90. The maximum atomic E-state index is 5.98. The fourth-order valence-corrected chi connectivity index (χ4v) is 1.60. The van der Waals surface area contributed by atoms with Gasteiger partial charge in [-0.15, -0.1) is 0 Å². The number of allylic oxidation sites excluding steroid dienone is 2. The smallest absolute Gasteiger partial charge is 0.0348 e. The summed E-state index contributed by atoms with van der Waals surface area (Å²) in [7, 11) is 0. The van der Waals surface area contributed by atoms with Crippen molar-refractivity contribution in [3.05, 3.63) is 11.8 Å². The molecule has 0 unspecified atom stereocenters. The highest BCUT2D eigenvalue weighted by molar-refractivity contribution is 6.14. The van der Waals surface area contributed by atoms with Crippen LogP contribution < -0.4 is 0 Å². The van der Waals surface area contributed by atoms with Gasteiger partial charge in [0, 0.05) is 24.0 Å². The Morgan fingerprint density at radius 2 is 2.45 bits per heavy atom. The van der Waals surface area contributed by atoms with Crippen molar-refractivity contribution in [1.82, 2.24) is 4.42 Å². The third kappa shape index (κ3) is 2.74. The molecule has 0 N–H and O–H groups in total. The van der Waals surface area contributed by atoms with Crippen LogP contribution in [-0.4, -0.2) is 11.0 Å². The summed E-state index contributed by atoms with van der Waals surface area (Å²) in [5.41, 5.74) is 1.33. The van der Waals surface area contributed by atoms with Gasteiger partial charge in [-0.2, -0.15) is 0 Å². The quantitative estimate of drug-likeness (QED) is 0.592. The molecule has 0 amide bonds. The molecule has 1 aliphatic rings. The van der Waals surface area contributed by atoms with E-state index in [9.17, 15) is 0 Å². The van der Waals surface area contributed by atoms with Crippen LogP contribution in [0.2, 0.25) is 0 Å². The van der Waals surface area contributed by atoms with Crippen molar-refractivity contribution in [2.24, 2.45) is 0 Å². The first-order valence-electron chi connectivity index (χ1n) is 4.47. The average molecular weight is 174 g/mol. The zero-order valence-electron chi connectivity index (χ0n) is 7.15. The molecule has 11 heavy (non-hydrogen) atoms. The molecule has 0 fully saturated rings. The van der Waals surface area contributed by atoms with Gasteiger partial charge < -0.3 is 0 Å². The summed E-state index contributed by atoms with van der Waals surface area (Å²) >= 11 is 5.98. The van der Waals surface area contributed by atoms with Crippen LogP contribution in [-0.2, 0) is 0 Å². The number of hydrogen-bond acceptors (Lipinski definition) is 1. The van der Waals surface area contributed by atoms with Crippen molar-refractivity contribution in [2.75, 3.05) is 6.54 Å². The van der Waals surface area contributed by atoms with E-state index in [4.69, 9.17) is 11.8 Å². The molecule has 0 radical (unpaired) electrons. The van der Waals surface area contributed by atoms with E-state index >= 15 is 0 Å². The summed E-state index contributed by atoms with van der Waals surface area (Å²) in [5.74, 6) is 0. The van der Waals surface area contributed by atoms with Crippen LogP contribution in [0.3, 0.4) is 0 Å². The van der Waals surface area contributed by atoms with Gasteiger partial charge in [-0.3, -0.25) is 4.42 Å². The van der Waals surface area contributed by atoms with Gasteiger partial charge in [0.15, 0.2) is 0 Å². The van der Waals surface area contributed by atoms with E-state index in [1.807, 2.05) is 4.42 Å². The molecule has 1 aliphatic heterocycles. The summed E-state index contributed by atoms with van der Waals surface area (Å²) in [6.07, 6.45) is 8.35. The molecule has 0 bridgehead atoms. The predicted octanol–water partition coefficient (Wildman–Crippen LogP) is 3.31. The highest BCUT2D eigenvalue weighted by Gasteiger charge is 2.09. The number of nitrogens with zero attached hydrogens (tertiary/aromatic N) is 1. The van der Waals surface area contributed by atoms with Crippen LogP contribution in [0.1, 0.15) is 39.0 Å². The first-order valence-corrected chi connectivity index (χ1v) is 4.80. The molecule has 0 aromatic carbocycles. The van der Waals surface area contributed by atoms with Gasteiger partial charge in [0.2, 0.25) is 0 Å². The Balaban J connectivity index is 2.34. The van der Waals surface area contributed by atoms with E-state index in [-0.39, 0.29) is 0 Å². The van der Waals surface area contributed by atoms with Gasteiger partial charge in [0.1, 0.15) is 0 Å². The SMILES string of the molecule is CCCCC1=CCCCN1Cl. The fourth-order valence-electron chi connectivity index (χ4n) is 1.32. The van der Waals surface area contributed by atoms with Gasteiger partial charge in [-0.25, -0.2) is 0 Å². The molecule has 0 saturated heterocycles. The first-order chi connectivity index (χ1) is 5.34. The van der Waals surface area contributed by atoms with Crippen LogP contribution in [0.15, 0.2) is 11.8 Å². The largest absolute Gasteiger partial charge is 0.290 e. The molecule has 0 aliphatic carbocycles. The average Bonchev–Trinajstić information content (AvgIpc) is 2.03. The van der Waals surface area contributed by atoms with E-state index in [0.717, 1.165) is 13.0 Å². The number of halogens is 1. The standard InChI is InChI=1S/C9H16ClN/c1-2-3-6-9-7-4-5-8-11(9)10/h7H,2-6,8H2,1H3. The molecule has 1 nitrogen and oxygen atoms in total. The molecule has 0 aromatic heterocycles. The molecular weight excluding hydrogens is 158 g/mol. The molecule has 0 atom stereocenters. The monoisotopic (exact) mass is 173 g/mol. The summed E-state index contributed by atoms with van der Waals surface area (Å²) in [6.45, 7) is 3.24. The molecule has 64 valence electrons. The second-order valence-corrected chi connectivity index (χ2v) is 3.44. The summed E-state index contributed by atoms with van der Waals surface area (Å²) < 4.78 is 1.87. The molecule has 1 rings (SSSR count). The lowest BCUT2D eigenvalue weighted by molar-refractivity contribution is 0.476. The Morgan fingerprint density at radius 3 is 3.09 bits per heavy atom. The van der Waals surface area contributed by atoms with Crippen molar-refractivity contribution < 1.29 is 0 Å². The fraction of sp³-hybridized carbons (Fsp3) is 0.778. The van der Waals surface area contributed by atoms with Gasteiger partial charge in [0.25, 0.3) is 0 Å². The highest BCUT2D eigenvalue weighted by Crippen LogP contribution is 2.21. The summed E-state index contributed by atoms with van der Waals surface area (Å²) in [4.78, 5) is 0. The topological polar surface area (TPSA) is 3.24 Å². The van der Waals surface area contributed by atoms with Crippen molar-refractivity contribution in [3.63, 3.8) is 0 Å². The second kappa shape index (κ2) is 4.66. The van der Waals surface area contributed by atoms with Crippen molar-refractivity contribution in [2.45, 2.75) is 39.0 Å². The van der Waals surface area contributed by atoms with Crippen LogP contribution in [0.5, 0.6) is 0 Å². The van der Waals surface area contributed by atoms with Gasteiger partial charge >= 0.3 is 0 Å². The predicted molar refractivity (Wildman–Crippen MR) is 49.4 cm³/mol. The van der Waals surface area contributed by atoms with Gasteiger partial charge in [-0.1, -0.05) is 19.4 Å². The second-order valence-electron chi connectivity index (χ2n) is 3.03. The molecule has 1 heterocycles. The Labute approximate surface area is 74.1 Å². The maximum absolute atomic E-state index is 5.98. The minimum absolute atomic E-state index is 1.02. The summed E-state index contributed by atoms with van der Waals surface area (Å²) in [5, 5.41) is 0. The lowest BCUT2D eigenvalue weighted by Gasteiger charge is -2.23. The number of hydrogen-bond donors (Lipinski definition) is 0. The van der Waals surface area contributed by atoms with E-state index in [2.05, 4.69) is 13.0 Å². The van der Waals surface area contributed by atoms with Crippen molar-refractivity contribution >= 4 is 11.8 Å². The van der Waals surface area contributed by atoms with Crippen LogP contribution in [0.4, 0.5) is 0 Å². The van der Waals surface area contributed by atoms with E-state index in [0.29, 0.717) is 0 Å². The molecule has 0 aromatic rings. The zero-order chi connectivity index (χ0) is 8.10. The van der Waals surface area contributed by atoms with Crippen LogP contribution in [0, 0.1) is 0 Å². The lowest BCUT2D eigenvalue weighted by atomic mass is 10.1. The van der Waals surface area contributed by atoms with Crippen molar-refractivity contribution in [1.29, 1.82) is 0 Å². The maximum Gasteiger partial charge on any atom is 0.0348 e. The molecule has 0 spiro atoms. The van der Waals surface area contributed by atoms with E-state index in [1.54, 1.807) is 0 Å². The minimum atomic E-state index is 1.02. The van der Waals surface area contributed by atoms with Crippen LogP contribution >= 0.6 is 11.8 Å². The highest BCUT2D eigenvalue weighted by atomic mass is 35.5. The van der Waals surface area contributed by atoms with E-state index < -0.39 is 0 Å². The third-order valence-corrected chi connectivity index (χ3v) is 2.42. The normalized spacial score (nSPS) is 18.4. The summed E-state index contributed by atoms with van der Waals surface area (Å²) in [6, 6.07) is 0. The van der Waals surface area contributed by atoms with Gasteiger partial charge in [-0.05, 0) is 25.7 Å². The van der Waals surface area contributed by atoms with E-state index in [1.165, 1.54) is 31.4 Å². The third-order valence-electron chi connectivity index (χ3n) is 2.04. The molecule has 2 heteroatoms. The lowest BCUT2D eigenvalue weighted by Crippen LogP contribution is -2.16. The molecule has 0 saturated carbocycles. The Kier molecular flexibility index (Phi) is 3.78. The first kappa shape index (κ1) is 8.92. The van der Waals surface area contributed by atoms with Crippen LogP contribution in [0.25, 0.3) is 0 Å². The Hall–Kier alpha value is -0.170. The van der Waals surface area contributed by atoms with Crippen molar-refractivity contribution in [3.8, 4) is 0 Å². The number of rotatable bonds is 3. The minimum Gasteiger partial charge on any atom is -0.290 e. The number of unbranched alkanes of at least 4 members (excludes halogenated alkanes) is 1. The van der Waals surface area contributed by atoms with Gasteiger partial charge in [0.05, 0.1) is 0 Å². The molecular formula is C9H16ClN. The Morgan fingerprint density at radius 1 is 1.64 bits per heavy atom.